The molecule has 0 bridgehead atoms. The van der Waals surface area contributed by atoms with Crippen molar-refractivity contribution in [2.75, 3.05) is 33.3 Å². The maximum Gasteiger partial charge on any atom is 0.0766 e. The number of aliphatic hydroxyl groups excluding tert-OH is 1. The van der Waals surface area contributed by atoms with Crippen LogP contribution in [0.15, 0.2) is 60.7 Å². The van der Waals surface area contributed by atoms with E-state index in [1.807, 2.05) is 13.2 Å². The van der Waals surface area contributed by atoms with Crippen LogP contribution in [-0.4, -0.2) is 60.4 Å². The van der Waals surface area contributed by atoms with Gasteiger partial charge < -0.3 is 9.84 Å². The molecule has 4 aliphatic rings. The van der Waals surface area contributed by atoms with Crippen molar-refractivity contribution in [1.29, 1.82) is 0 Å². The maximum absolute atomic E-state index is 9.93. The zero-order valence-corrected chi connectivity index (χ0v) is 18.7. The Morgan fingerprint density at radius 2 is 1.26 bits per heavy atom. The molecule has 4 nitrogen and oxygen atoms in total. The molecule has 2 aromatic rings. The average molecular weight is 421 g/mol. The third kappa shape index (κ3) is 4.73. The van der Waals surface area contributed by atoms with Crippen LogP contribution in [0.1, 0.15) is 36.8 Å². The van der Waals surface area contributed by atoms with Gasteiger partial charge in [-0.15, -0.1) is 0 Å². The van der Waals surface area contributed by atoms with E-state index in [0.717, 1.165) is 32.7 Å². The summed E-state index contributed by atoms with van der Waals surface area (Å²) in [4.78, 5) is 4.92. The van der Waals surface area contributed by atoms with Crippen molar-refractivity contribution in [3.8, 4) is 0 Å². The smallest absolute Gasteiger partial charge is 0.0766 e. The van der Waals surface area contributed by atoms with E-state index in [9.17, 15) is 5.11 Å². The molecular weight excluding hydrogens is 384 g/mol. The number of benzene rings is 2. The summed E-state index contributed by atoms with van der Waals surface area (Å²) in [6.45, 7) is 6.33. The van der Waals surface area contributed by atoms with E-state index >= 15 is 0 Å². The predicted molar refractivity (Wildman–Crippen MR) is 124 cm³/mol. The highest BCUT2D eigenvalue weighted by Crippen LogP contribution is 2.54. The molecule has 0 amide bonds. The van der Waals surface area contributed by atoms with Crippen molar-refractivity contribution < 1.29 is 9.84 Å². The summed E-state index contributed by atoms with van der Waals surface area (Å²) in [6.07, 6.45) is 5.55. The molecule has 0 radical (unpaired) electrons. The van der Waals surface area contributed by atoms with Gasteiger partial charge >= 0.3 is 0 Å². The van der Waals surface area contributed by atoms with E-state index in [1.165, 1.54) is 43.4 Å². The van der Waals surface area contributed by atoms with Gasteiger partial charge in [0.25, 0.3) is 0 Å². The highest BCUT2D eigenvalue weighted by atomic mass is 16.5. The number of ether oxygens (including phenoxy) is 1. The highest BCUT2D eigenvalue weighted by Gasteiger charge is 2.55. The Labute approximate surface area is 186 Å². The lowest BCUT2D eigenvalue weighted by Crippen LogP contribution is -2.23. The summed E-state index contributed by atoms with van der Waals surface area (Å²) in [5.74, 6) is 0. The number of rotatable bonds is 5. The Morgan fingerprint density at radius 1 is 0.774 bits per heavy atom. The Bertz CT molecular complexity index is 848. The monoisotopic (exact) mass is 420 g/mol. The molecule has 2 aromatic carbocycles. The summed E-state index contributed by atoms with van der Waals surface area (Å²) < 4.78 is 5.62. The van der Waals surface area contributed by atoms with Crippen LogP contribution in [0.25, 0.3) is 0 Å². The van der Waals surface area contributed by atoms with Gasteiger partial charge in [0, 0.05) is 57.2 Å². The van der Waals surface area contributed by atoms with Gasteiger partial charge in [-0.2, -0.15) is 0 Å². The Kier molecular flexibility index (Phi) is 5.91. The minimum atomic E-state index is -0.0822. The van der Waals surface area contributed by atoms with E-state index in [1.54, 1.807) is 0 Å². The molecule has 2 spiro atoms. The number of hydrogen-bond donors (Lipinski definition) is 1. The number of likely N-dealkylation sites (tertiary alicyclic amines) is 2. The molecule has 31 heavy (non-hydrogen) atoms. The van der Waals surface area contributed by atoms with Crippen LogP contribution in [0.4, 0.5) is 0 Å². The number of methoxy groups -OCH3 is 1. The lowest BCUT2D eigenvalue weighted by Gasteiger charge is -2.15. The van der Waals surface area contributed by atoms with E-state index in [-0.39, 0.29) is 11.5 Å². The van der Waals surface area contributed by atoms with Crippen LogP contribution >= 0.6 is 0 Å². The van der Waals surface area contributed by atoms with Crippen molar-refractivity contribution in [1.82, 2.24) is 9.80 Å². The van der Waals surface area contributed by atoms with Gasteiger partial charge in [-0.3, -0.25) is 9.80 Å². The summed E-state index contributed by atoms with van der Waals surface area (Å²) in [5, 5.41) is 9.93. The fraction of sp³-hybridized carbons (Fsp3) is 0.556. The second kappa shape index (κ2) is 8.67. The van der Waals surface area contributed by atoms with E-state index in [0.29, 0.717) is 11.5 Å². The summed E-state index contributed by atoms with van der Waals surface area (Å²) >= 11 is 0. The molecule has 2 atom stereocenters. The van der Waals surface area contributed by atoms with Crippen molar-refractivity contribution in [2.24, 2.45) is 10.8 Å². The molecule has 2 saturated heterocycles. The third-order valence-electron chi connectivity index (χ3n) is 7.89. The lowest BCUT2D eigenvalue weighted by molar-refractivity contribution is 0.0696. The Hall–Kier alpha value is -1.72. The molecule has 2 aliphatic heterocycles. The quantitative estimate of drug-likeness (QED) is 0.795. The number of aliphatic hydroxyl groups is 1. The zero-order chi connectivity index (χ0) is 21.3. The molecule has 1 N–H and O–H groups in total. The van der Waals surface area contributed by atoms with E-state index in [2.05, 4.69) is 64.4 Å². The fourth-order valence-electron chi connectivity index (χ4n) is 5.63. The Balaban J connectivity index is 0.000000132. The second-order valence-corrected chi connectivity index (χ2v) is 10.3. The Morgan fingerprint density at radius 3 is 1.68 bits per heavy atom. The summed E-state index contributed by atoms with van der Waals surface area (Å²) in [5.41, 5.74) is 3.57. The molecule has 2 saturated carbocycles. The molecular formula is C27H36N2O2. The first-order valence-electron chi connectivity index (χ1n) is 11.8. The fourth-order valence-corrected chi connectivity index (χ4v) is 5.63. The van der Waals surface area contributed by atoms with Crippen molar-refractivity contribution >= 4 is 0 Å². The summed E-state index contributed by atoms with van der Waals surface area (Å²) in [7, 11) is 1.86. The van der Waals surface area contributed by atoms with Crippen LogP contribution in [0, 0.1) is 10.8 Å². The molecule has 0 aromatic heterocycles. The van der Waals surface area contributed by atoms with Gasteiger partial charge in [0.15, 0.2) is 0 Å². The lowest BCUT2D eigenvalue weighted by atomic mass is 10.0. The first kappa shape index (κ1) is 21.1. The first-order chi connectivity index (χ1) is 15.1. The molecule has 2 heterocycles. The van der Waals surface area contributed by atoms with Crippen molar-refractivity contribution in [3.05, 3.63) is 71.8 Å². The topological polar surface area (TPSA) is 35.9 Å². The molecule has 166 valence electrons. The summed E-state index contributed by atoms with van der Waals surface area (Å²) in [6, 6.07) is 21.2. The van der Waals surface area contributed by atoms with Crippen LogP contribution in [0.5, 0.6) is 0 Å². The molecule has 4 heteroatoms. The average Bonchev–Trinajstić information content (AvgIpc) is 3.67. The van der Waals surface area contributed by atoms with Crippen LogP contribution < -0.4 is 0 Å². The minimum absolute atomic E-state index is 0.0822. The molecule has 4 fully saturated rings. The second-order valence-electron chi connectivity index (χ2n) is 10.3. The van der Waals surface area contributed by atoms with Crippen molar-refractivity contribution in [3.63, 3.8) is 0 Å². The molecule has 2 aliphatic carbocycles. The van der Waals surface area contributed by atoms with Crippen LogP contribution in [-0.2, 0) is 17.8 Å². The number of nitrogens with zero attached hydrogens (tertiary/aromatic N) is 2. The highest BCUT2D eigenvalue weighted by molar-refractivity contribution is 5.17. The molecule has 6 rings (SSSR count). The predicted octanol–water partition coefficient (Wildman–Crippen LogP) is 3.94. The van der Waals surface area contributed by atoms with Gasteiger partial charge in [-0.1, -0.05) is 60.7 Å². The largest absolute Gasteiger partial charge is 0.391 e. The standard InChI is InChI=1S/C14H19NO.C13H17NO/c1-16-13-10-15(11-14(13)7-8-14)9-12-5-3-2-4-6-12;15-12-9-14(10-13(12)6-7-13)8-11-4-2-1-3-5-11/h2-6,13H,7-11H2,1H3;1-5,12,15H,6-10H2. The van der Waals surface area contributed by atoms with Gasteiger partial charge in [-0.25, -0.2) is 0 Å². The van der Waals surface area contributed by atoms with Gasteiger partial charge in [0.1, 0.15) is 0 Å². The van der Waals surface area contributed by atoms with Crippen molar-refractivity contribution in [2.45, 2.75) is 51.0 Å². The number of β-amino-alcohol motifs (C(OH)–C–C–N with tert-alkyl or cyclic N) is 1. The number of hydrogen-bond acceptors (Lipinski definition) is 4. The van der Waals surface area contributed by atoms with Gasteiger partial charge in [0.05, 0.1) is 12.2 Å². The van der Waals surface area contributed by atoms with E-state index < -0.39 is 0 Å². The van der Waals surface area contributed by atoms with Gasteiger partial charge in [-0.05, 0) is 36.8 Å². The normalized spacial score (nSPS) is 27.9. The first-order valence-corrected chi connectivity index (χ1v) is 11.8. The molecule has 2 unspecified atom stereocenters. The SMILES string of the molecule is COC1CN(Cc2ccccc2)CC12CC2.OC1CN(Cc2ccccc2)CC12CC2. The third-order valence-corrected chi connectivity index (χ3v) is 7.89. The minimum Gasteiger partial charge on any atom is -0.391 e. The van der Waals surface area contributed by atoms with Crippen LogP contribution in [0.2, 0.25) is 0 Å². The van der Waals surface area contributed by atoms with Crippen LogP contribution in [0.3, 0.4) is 0 Å². The zero-order valence-electron chi connectivity index (χ0n) is 18.7. The van der Waals surface area contributed by atoms with Gasteiger partial charge in [0.2, 0.25) is 0 Å². The maximum atomic E-state index is 9.93. The van der Waals surface area contributed by atoms with E-state index in [4.69, 9.17) is 4.74 Å².